The van der Waals surface area contributed by atoms with Crippen LogP contribution in [-0.2, 0) is 13.1 Å². The highest BCUT2D eigenvalue weighted by molar-refractivity contribution is 5.39. The first-order valence-corrected chi connectivity index (χ1v) is 9.74. The van der Waals surface area contributed by atoms with Crippen LogP contribution in [-0.4, -0.2) is 55.5 Å². The van der Waals surface area contributed by atoms with Crippen molar-refractivity contribution in [2.45, 2.75) is 39.8 Å². The lowest BCUT2D eigenvalue weighted by Gasteiger charge is -2.33. The van der Waals surface area contributed by atoms with E-state index >= 15 is 0 Å². The van der Waals surface area contributed by atoms with Gasteiger partial charge in [-0.05, 0) is 18.6 Å². The summed E-state index contributed by atoms with van der Waals surface area (Å²) in [5, 5.41) is 4.03. The Hall–Kier alpha value is -2.58. The van der Waals surface area contributed by atoms with Gasteiger partial charge in [0.25, 0.3) is 5.56 Å². The van der Waals surface area contributed by atoms with Gasteiger partial charge in [0, 0.05) is 50.9 Å². The highest BCUT2D eigenvalue weighted by Crippen LogP contribution is 2.13. The Kier molecular flexibility index (Phi) is 5.23. The average Bonchev–Trinajstić information content (AvgIpc) is 3.13. The second-order valence-corrected chi connectivity index (χ2v) is 7.77. The number of hydrogen-bond donors (Lipinski definition) is 0. The number of aryl methyl sites for hydroxylation is 1. The zero-order valence-electron chi connectivity index (χ0n) is 16.6. The molecule has 0 saturated carbocycles. The van der Waals surface area contributed by atoms with E-state index in [1.807, 2.05) is 25.3 Å². The number of rotatable bonds is 5. The molecular weight excluding hydrogens is 356 g/mol. The number of fused-ring (bicyclic) bond motifs is 1. The maximum absolute atomic E-state index is 12.4. The predicted octanol–water partition coefficient (Wildman–Crippen LogP) is 1.83. The van der Waals surface area contributed by atoms with Crippen LogP contribution in [0.25, 0.3) is 5.65 Å². The lowest BCUT2D eigenvalue weighted by molar-refractivity contribution is 0.111. The minimum Gasteiger partial charge on any atom is -0.338 e. The van der Waals surface area contributed by atoms with E-state index < -0.39 is 0 Å². The van der Waals surface area contributed by atoms with Gasteiger partial charge in [-0.15, -0.1) is 0 Å². The Morgan fingerprint density at radius 1 is 1.07 bits per heavy atom. The quantitative estimate of drug-likeness (QED) is 0.666. The van der Waals surface area contributed by atoms with Crippen molar-refractivity contribution in [2.24, 2.45) is 0 Å². The summed E-state index contributed by atoms with van der Waals surface area (Å²) in [6.45, 7) is 11.1. The monoisotopic (exact) mass is 382 g/mol. The van der Waals surface area contributed by atoms with Crippen LogP contribution in [0.2, 0.25) is 0 Å². The van der Waals surface area contributed by atoms with Crippen molar-refractivity contribution < 1.29 is 4.52 Å². The molecule has 0 amide bonds. The molecule has 8 heteroatoms. The Morgan fingerprint density at radius 3 is 2.46 bits per heavy atom. The van der Waals surface area contributed by atoms with Crippen LogP contribution < -0.4 is 5.56 Å². The SMILES string of the molecule is Cc1ccc2nc(CN3CCN(Cc4nc(C(C)C)no4)CC3)cc(=O)n2c1. The van der Waals surface area contributed by atoms with Crippen LogP contribution in [0.1, 0.15) is 42.7 Å². The predicted molar refractivity (Wildman–Crippen MR) is 105 cm³/mol. The smallest absolute Gasteiger partial charge is 0.258 e. The Labute approximate surface area is 163 Å². The number of aromatic nitrogens is 4. The van der Waals surface area contributed by atoms with E-state index in [-0.39, 0.29) is 11.5 Å². The Morgan fingerprint density at radius 2 is 1.79 bits per heavy atom. The molecule has 1 aliphatic rings. The van der Waals surface area contributed by atoms with Crippen LogP contribution in [0.5, 0.6) is 0 Å². The summed E-state index contributed by atoms with van der Waals surface area (Å²) < 4.78 is 6.95. The molecular formula is C20H26N6O2. The number of nitrogens with zero attached hydrogens (tertiary/aromatic N) is 6. The normalized spacial score (nSPS) is 16.3. The first kappa shape index (κ1) is 18.8. The summed E-state index contributed by atoms with van der Waals surface area (Å²) in [7, 11) is 0. The lowest BCUT2D eigenvalue weighted by Crippen LogP contribution is -2.45. The van der Waals surface area contributed by atoms with Crippen molar-refractivity contribution in [3.63, 3.8) is 0 Å². The molecule has 28 heavy (non-hydrogen) atoms. The molecule has 0 atom stereocenters. The average molecular weight is 382 g/mol. The van der Waals surface area contributed by atoms with Gasteiger partial charge in [0.15, 0.2) is 5.82 Å². The van der Waals surface area contributed by atoms with Crippen LogP contribution in [0.4, 0.5) is 0 Å². The highest BCUT2D eigenvalue weighted by atomic mass is 16.5. The van der Waals surface area contributed by atoms with Gasteiger partial charge in [-0.3, -0.25) is 19.0 Å². The molecule has 4 heterocycles. The molecule has 0 N–H and O–H groups in total. The molecule has 0 radical (unpaired) electrons. The van der Waals surface area contributed by atoms with Crippen molar-refractivity contribution in [2.75, 3.05) is 26.2 Å². The molecule has 148 valence electrons. The Bertz CT molecular complexity index is 1020. The minimum atomic E-state index is -0.0281. The van der Waals surface area contributed by atoms with Gasteiger partial charge in [0.1, 0.15) is 5.65 Å². The molecule has 1 aliphatic heterocycles. The number of piperazine rings is 1. The summed E-state index contributed by atoms with van der Waals surface area (Å²) in [6, 6.07) is 5.52. The molecule has 8 nitrogen and oxygen atoms in total. The second kappa shape index (κ2) is 7.81. The maximum atomic E-state index is 12.4. The highest BCUT2D eigenvalue weighted by Gasteiger charge is 2.20. The molecule has 1 fully saturated rings. The molecule has 0 spiro atoms. The molecule has 3 aromatic rings. The first-order chi connectivity index (χ1) is 13.5. The fourth-order valence-corrected chi connectivity index (χ4v) is 3.43. The Balaban J connectivity index is 1.36. The van der Waals surface area contributed by atoms with Gasteiger partial charge in [-0.2, -0.15) is 4.98 Å². The lowest BCUT2D eigenvalue weighted by atomic mass is 10.2. The van der Waals surface area contributed by atoms with Crippen LogP contribution in [0.15, 0.2) is 33.7 Å². The van der Waals surface area contributed by atoms with Crippen molar-refractivity contribution >= 4 is 5.65 Å². The summed E-state index contributed by atoms with van der Waals surface area (Å²) in [4.78, 5) is 26.1. The third kappa shape index (κ3) is 4.13. The third-order valence-electron chi connectivity index (χ3n) is 5.07. The van der Waals surface area contributed by atoms with Gasteiger partial charge in [0.2, 0.25) is 5.89 Å². The van der Waals surface area contributed by atoms with E-state index in [9.17, 15) is 4.79 Å². The van der Waals surface area contributed by atoms with Crippen molar-refractivity contribution in [3.8, 4) is 0 Å². The van der Waals surface area contributed by atoms with Gasteiger partial charge in [0.05, 0.1) is 12.2 Å². The van der Waals surface area contributed by atoms with E-state index in [0.29, 0.717) is 24.6 Å². The fraction of sp³-hybridized carbons (Fsp3) is 0.500. The van der Waals surface area contributed by atoms with E-state index in [1.54, 1.807) is 10.5 Å². The zero-order valence-corrected chi connectivity index (χ0v) is 16.6. The first-order valence-electron chi connectivity index (χ1n) is 9.74. The molecule has 0 unspecified atom stereocenters. The molecule has 0 aromatic carbocycles. The van der Waals surface area contributed by atoms with E-state index in [4.69, 9.17) is 4.52 Å². The van der Waals surface area contributed by atoms with E-state index in [1.165, 1.54) is 0 Å². The van der Waals surface area contributed by atoms with Gasteiger partial charge in [-0.25, -0.2) is 4.98 Å². The van der Waals surface area contributed by atoms with Crippen LogP contribution in [0.3, 0.4) is 0 Å². The van der Waals surface area contributed by atoms with Crippen LogP contribution in [0, 0.1) is 6.92 Å². The fourth-order valence-electron chi connectivity index (χ4n) is 3.43. The standard InChI is InChI=1S/C20H26N6O2/c1-14(2)20-22-18(28-23-20)13-25-8-6-24(7-9-25)12-16-10-19(27)26-11-15(3)4-5-17(26)21-16/h4-5,10-11,14H,6-9,12-13H2,1-3H3. The largest absolute Gasteiger partial charge is 0.338 e. The summed E-state index contributed by atoms with van der Waals surface area (Å²) in [5.74, 6) is 1.71. The molecule has 4 rings (SSSR count). The molecule has 0 aliphatic carbocycles. The molecule has 1 saturated heterocycles. The summed E-state index contributed by atoms with van der Waals surface area (Å²) in [5.41, 5.74) is 2.53. The van der Waals surface area contributed by atoms with Gasteiger partial charge >= 0.3 is 0 Å². The van der Waals surface area contributed by atoms with Crippen molar-refractivity contribution in [3.05, 3.63) is 57.7 Å². The number of hydrogen-bond acceptors (Lipinski definition) is 7. The van der Waals surface area contributed by atoms with E-state index in [0.717, 1.165) is 43.3 Å². The second-order valence-electron chi connectivity index (χ2n) is 7.77. The van der Waals surface area contributed by atoms with Crippen molar-refractivity contribution in [1.82, 2.24) is 29.3 Å². The minimum absolute atomic E-state index is 0.0281. The third-order valence-corrected chi connectivity index (χ3v) is 5.07. The summed E-state index contributed by atoms with van der Waals surface area (Å²) >= 11 is 0. The molecule has 3 aromatic heterocycles. The van der Waals surface area contributed by atoms with Crippen LogP contribution >= 0.6 is 0 Å². The zero-order chi connectivity index (χ0) is 19.7. The van der Waals surface area contributed by atoms with Gasteiger partial charge in [-0.1, -0.05) is 25.1 Å². The summed E-state index contributed by atoms with van der Waals surface area (Å²) in [6.07, 6.45) is 1.83. The maximum Gasteiger partial charge on any atom is 0.258 e. The number of pyridine rings is 1. The van der Waals surface area contributed by atoms with Gasteiger partial charge < -0.3 is 4.52 Å². The van der Waals surface area contributed by atoms with Crippen molar-refractivity contribution in [1.29, 1.82) is 0 Å². The van der Waals surface area contributed by atoms with E-state index in [2.05, 4.69) is 38.8 Å². The topological polar surface area (TPSA) is 79.8 Å². The molecule has 0 bridgehead atoms.